The fraction of sp³-hybridized carbons (Fsp3) is 0.500. The van der Waals surface area contributed by atoms with Crippen molar-refractivity contribution in [2.75, 3.05) is 5.73 Å². The number of nitrogens with one attached hydrogen (secondary N) is 1. The van der Waals surface area contributed by atoms with Gasteiger partial charge < -0.3 is 5.73 Å². The summed E-state index contributed by atoms with van der Waals surface area (Å²) in [4.78, 5) is 0.103. The molecule has 1 aliphatic carbocycles. The number of nitrogens with two attached hydrogens (primary N) is 1. The van der Waals surface area contributed by atoms with Crippen LogP contribution in [0.15, 0.2) is 23.1 Å². The molecular weight excluding hydrogens is 272 g/mol. The predicted octanol–water partition coefficient (Wildman–Crippen LogP) is 2.39. The quantitative estimate of drug-likeness (QED) is 0.839. The summed E-state index contributed by atoms with van der Waals surface area (Å²) < 4.78 is 27.1. The third-order valence-corrected chi connectivity index (χ3v) is 5.11. The molecule has 2 unspecified atom stereocenters. The fourth-order valence-corrected chi connectivity index (χ4v) is 3.94. The first-order chi connectivity index (χ1) is 8.38. The van der Waals surface area contributed by atoms with E-state index in [1.807, 2.05) is 0 Å². The Morgan fingerprint density at radius 2 is 2.11 bits per heavy atom. The van der Waals surface area contributed by atoms with E-state index in [1.54, 1.807) is 0 Å². The highest BCUT2D eigenvalue weighted by Crippen LogP contribution is 2.28. The Morgan fingerprint density at radius 1 is 1.39 bits per heavy atom. The Balaban J connectivity index is 2.20. The van der Waals surface area contributed by atoms with E-state index in [1.165, 1.54) is 18.2 Å². The number of benzene rings is 1. The predicted molar refractivity (Wildman–Crippen MR) is 73.0 cm³/mol. The van der Waals surface area contributed by atoms with Crippen LogP contribution < -0.4 is 10.5 Å². The van der Waals surface area contributed by atoms with Crippen LogP contribution in [-0.4, -0.2) is 14.5 Å². The van der Waals surface area contributed by atoms with Gasteiger partial charge in [-0.3, -0.25) is 0 Å². The molecule has 2 rings (SSSR count). The molecule has 1 fully saturated rings. The van der Waals surface area contributed by atoms with Crippen molar-refractivity contribution in [3.63, 3.8) is 0 Å². The maximum Gasteiger partial charge on any atom is 0.242 e. The van der Waals surface area contributed by atoms with E-state index in [-0.39, 0.29) is 16.6 Å². The van der Waals surface area contributed by atoms with Crippen molar-refractivity contribution in [3.05, 3.63) is 23.2 Å². The van der Waals surface area contributed by atoms with E-state index in [0.29, 0.717) is 10.9 Å². The molecule has 4 nitrogen and oxygen atoms in total. The van der Waals surface area contributed by atoms with Crippen molar-refractivity contribution in [2.24, 2.45) is 5.92 Å². The lowest BCUT2D eigenvalue weighted by molar-refractivity contribution is 0.538. The van der Waals surface area contributed by atoms with Crippen LogP contribution in [0.1, 0.15) is 26.2 Å². The lowest BCUT2D eigenvalue weighted by atomic mass is 10.1. The molecule has 0 radical (unpaired) electrons. The molecule has 1 saturated carbocycles. The number of hydrogen-bond acceptors (Lipinski definition) is 3. The zero-order valence-corrected chi connectivity index (χ0v) is 11.8. The highest BCUT2D eigenvalue weighted by molar-refractivity contribution is 7.89. The average Bonchev–Trinajstić information content (AvgIpc) is 2.62. The first-order valence-corrected chi connectivity index (χ1v) is 7.82. The molecule has 3 N–H and O–H groups in total. The Bertz CT molecular complexity index is 545. The van der Waals surface area contributed by atoms with Gasteiger partial charge in [0.05, 0.1) is 5.69 Å². The van der Waals surface area contributed by atoms with Crippen molar-refractivity contribution >= 4 is 27.3 Å². The number of hydrogen-bond donors (Lipinski definition) is 2. The summed E-state index contributed by atoms with van der Waals surface area (Å²) in [5.74, 6) is 0.570. The Kier molecular flexibility index (Phi) is 3.84. The first-order valence-electron chi connectivity index (χ1n) is 5.96. The molecule has 0 amide bonds. The van der Waals surface area contributed by atoms with Gasteiger partial charge in [-0.15, -0.1) is 0 Å². The number of halogens is 1. The van der Waals surface area contributed by atoms with E-state index in [2.05, 4.69) is 11.6 Å². The van der Waals surface area contributed by atoms with Crippen LogP contribution >= 0.6 is 11.6 Å². The zero-order chi connectivity index (χ0) is 13.3. The van der Waals surface area contributed by atoms with Crippen LogP contribution in [0.5, 0.6) is 0 Å². The highest BCUT2D eigenvalue weighted by atomic mass is 35.5. The van der Waals surface area contributed by atoms with E-state index in [9.17, 15) is 8.42 Å². The highest BCUT2D eigenvalue weighted by Gasteiger charge is 2.27. The SMILES string of the molecule is CC1CCC(NS(=O)(=O)c2ccc(Cl)cc2N)C1. The maximum atomic E-state index is 12.2. The number of rotatable bonds is 3. The molecule has 0 aromatic heterocycles. The van der Waals surface area contributed by atoms with Gasteiger partial charge in [-0.25, -0.2) is 13.1 Å². The van der Waals surface area contributed by atoms with Gasteiger partial charge in [0, 0.05) is 11.1 Å². The second kappa shape index (κ2) is 5.07. The van der Waals surface area contributed by atoms with Gasteiger partial charge in [0.2, 0.25) is 10.0 Å². The lowest BCUT2D eigenvalue weighted by Gasteiger charge is -2.14. The number of nitrogen functional groups attached to an aromatic ring is 1. The van der Waals surface area contributed by atoms with Crippen LogP contribution in [-0.2, 0) is 10.0 Å². The molecule has 0 heterocycles. The van der Waals surface area contributed by atoms with Crippen LogP contribution in [0.25, 0.3) is 0 Å². The minimum atomic E-state index is -3.55. The first kappa shape index (κ1) is 13.6. The average molecular weight is 289 g/mol. The minimum Gasteiger partial charge on any atom is -0.398 e. The van der Waals surface area contributed by atoms with Crippen molar-refractivity contribution in [1.82, 2.24) is 4.72 Å². The molecule has 1 aromatic rings. The van der Waals surface area contributed by atoms with Crippen LogP contribution in [0, 0.1) is 5.92 Å². The second-order valence-corrected chi connectivity index (χ2v) is 7.04. The topological polar surface area (TPSA) is 72.2 Å². The van der Waals surface area contributed by atoms with Gasteiger partial charge in [-0.05, 0) is 43.4 Å². The molecule has 2 atom stereocenters. The molecule has 0 aliphatic heterocycles. The van der Waals surface area contributed by atoms with Gasteiger partial charge in [-0.1, -0.05) is 18.5 Å². The van der Waals surface area contributed by atoms with E-state index in [0.717, 1.165) is 19.3 Å². The van der Waals surface area contributed by atoms with Gasteiger partial charge in [0.25, 0.3) is 0 Å². The number of sulfonamides is 1. The molecular formula is C12H17ClN2O2S. The summed E-state index contributed by atoms with van der Waals surface area (Å²) in [7, 11) is -3.55. The third kappa shape index (κ3) is 2.96. The van der Waals surface area contributed by atoms with Gasteiger partial charge in [-0.2, -0.15) is 0 Å². The fourth-order valence-electron chi connectivity index (χ4n) is 2.36. The molecule has 18 heavy (non-hydrogen) atoms. The molecule has 0 spiro atoms. The Hall–Kier alpha value is -0.780. The summed E-state index contributed by atoms with van der Waals surface area (Å²) in [6.07, 6.45) is 2.82. The minimum absolute atomic E-state index is 0.0140. The summed E-state index contributed by atoms with van der Waals surface area (Å²) in [5, 5.41) is 0.431. The van der Waals surface area contributed by atoms with Crippen molar-refractivity contribution < 1.29 is 8.42 Å². The largest absolute Gasteiger partial charge is 0.398 e. The molecule has 1 aromatic carbocycles. The molecule has 1 aliphatic rings. The maximum absolute atomic E-state index is 12.2. The zero-order valence-electron chi connectivity index (χ0n) is 10.2. The molecule has 0 saturated heterocycles. The Morgan fingerprint density at radius 3 is 2.67 bits per heavy atom. The van der Waals surface area contributed by atoms with Crippen LogP contribution in [0.2, 0.25) is 5.02 Å². The standard InChI is InChI=1S/C12H17ClN2O2S/c1-8-2-4-10(6-8)15-18(16,17)12-5-3-9(13)7-11(12)14/h3,5,7-8,10,15H,2,4,6,14H2,1H3. The summed E-state index contributed by atoms with van der Waals surface area (Å²) in [6.45, 7) is 2.13. The molecule has 6 heteroatoms. The smallest absolute Gasteiger partial charge is 0.242 e. The van der Waals surface area contributed by atoms with Crippen molar-refractivity contribution in [1.29, 1.82) is 0 Å². The number of anilines is 1. The molecule has 0 bridgehead atoms. The van der Waals surface area contributed by atoms with Crippen LogP contribution in [0.3, 0.4) is 0 Å². The normalized spacial score (nSPS) is 24.3. The van der Waals surface area contributed by atoms with E-state index < -0.39 is 10.0 Å². The van der Waals surface area contributed by atoms with Crippen LogP contribution in [0.4, 0.5) is 5.69 Å². The van der Waals surface area contributed by atoms with Gasteiger partial charge >= 0.3 is 0 Å². The van der Waals surface area contributed by atoms with Gasteiger partial charge in [0.1, 0.15) is 4.90 Å². The summed E-state index contributed by atoms with van der Waals surface area (Å²) in [6, 6.07) is 4.44. The van der Waals surface area contributed by atoms with Gasteiger partial charge in [0.15, 0.2) is 0 Å². The van der Waals surface area contributed by atoms with E-state index in [4.69, 9.17) is 17.3 Å². The summed E-state index contributed by atoms with van der Waals surface area (Å²) >= 11 is 5.76. The lowest BCUT2D eigenvalue weighted by Crippen LogP contribution is -2.33. The van der Waals surface area contributed by atoms with Crippen molar-refractivity contribution in [3.8, 4) is 0 Å². The monoisotopic (exact) mass is 288 g/mol. The summed E-state index contributed by atoms with van der Waals surface area (Å²) in [5.41, 5.74) is 5.89. The van der Waals surface area contributed by atoms with Crippen molar-refractivity contribution in [2.45, 2.75) is 37.1 Å². The van der Waals surface area contributed by atoms with E-state index >= 15 is 0 Å². The molecule has 100 valence electrons. The third-order valence-electron chi connectivity index (χ3n) is 3.28. The second-order valence-electron chi connectivity index (χ2n) is 4.92. The Labute approximate surface area is 113 Å².